The molecule has 0 bridgehead atoms. The van der Waals surface area contributed by atoms with Crippen LogP contribution in [0.5, 0.6) is 0 Å². The third-order valence-corrected chi connectivity index (χ3v) is 6.20. The minimum Gasteiger partial charge on any atom is -0.368 e. The maximum atomic E-state index is 12.8. The molecule has 1 unspecified atom stereocenters. The summed E-state index contributed by atoms with van der Waals surface area (Å²) in [6.07, 6.45) is 3.38. The molecule has 4 rings (SSSR count). The molecule has 0 aromatic heterocycles. The summed E-state index contributed by atoms with van der Waals surface area (Å²) < 4.78 is 0. The van der Waals surface area contributed by atoms with Gasteiger partial charge in [0.2, 0.25) is 11.8 Å². The number of carbonyl (C=O) groups is 2. The Balaban J connectivity index is 1.32. The van der Waals surface area contributed by atoms with Crippen molar-refractivity contribution in [3.05, 3.63) is 29.8 Å². The monoisotopic (exact) mass is 342 g/mol. The molecule has 1 aromatic carbocycles. The molecule has 3 N–H and O–H groups in total. The van der Waals surface area contributed by atoms with Gasteiger partial charge in [0.25, 0.3) is 0 Å². The number of primary amides is 1. The first-order chi connectivity index (χ1) is 12.1. The van der Waals surface area contributed by atoms with E-state index in [1.54, 1.807) is 12.1 Å². The van der Waals surface area contributed by atoms with Crippen LogP contribution in [0.1, 0.15) is 29.6 Å². The fraction of sp³-hybridized carbons (Fsp3) is 0.579. The summed E-state index contributed by atoms with van der Waals surface area (Å²) in [7, 11) is 0. The number of anilines is 1. The lowest BCUT2D eigenvalue weighted by molar-refractivity contribution is -0.133. The van der Waals surface area contributed by atoms with E-state index in [0.717, 1.165) is 64.2 Å². The van der Waals surface area contributed by atoms with Crippen molar-refractivity contribution in [2.75, 3.05) is 44.2 Å². The minimum atomic E-state index is -0.404. The van der Waals surface area contributed by atoms with Gasteiger partial charge in [-0.25, -0.2) is 0 Å². The molecule has 0 radical (unpaired) electrons. The third-order valence-electron chi connectivity index (χ3n) is 6.20. The Bertz CT molecular complexity index is 659. The number of nitrogens with two attached hydrogens (primary N) is 1. The quantitative estimate of drug-likeness (QED) is 0.853. The van der Waals surface area contributed by atoms with Crippen LogP contribution in [-0.2, 0) is 4.79 Å². The molecule has 6 heteroatoms. The fourth-order valence-electron chi connectivity index (χ4n) is 4.42. The molecule has 2 saturated heterocycles. The number of carbonyl (C=O) groups excluding carboxylic acids is 2. The van der Waals surface area contributed by atoms with E-state index in [0.29, 0.717) is 16.9 Å². The summed E-state index contributed by atoms with van der Waals surface area (Å²) in [4.78, 5) is 28.3. The van der Waals surface area contributed by atoms with Crippen molar-refractivity contribution < 1.29 is 9.59 Å². The zero-order valence-corrected chi connectivity index (χ0v) is 14.5. The summed E-state index contributed by atoms with van der Waals surface area (Å²) >= 11 is 0. The van der Waals surface area contributed by atoms with Gasteiger partial charge in [-0.1, -0.05) is 0 Å². The maximum Gasteiger partial charge on any atom is 0.248 e. The van der Waals surface area contributed by atoms with Gasteiger partial charge in [-0.3, -0.25) is 9.59 Å². The molecule has 25 heavy (non-hydrogen) atoms. The molecule has 1 saturated carbocycles. The Morgan fingerprint density at radius 2 is 1.68 bits per heavy atom. The van der Waals surface area contributed by atoms with Gasteiger partial charge in [-0.15, -0.1) is 0 Å². The van der Waals surface area contributed by atoms with Gasteiger partial charge in [0.1, 0.15) is 0 Å². The maximum absolute atomic E-state index is 12.8. The van der Waals surface area contributed by atoms with Crippen molar-refractivity contribution >= 4 is 17.5 Å². The zero-order valence-electron chi connectivity index (χ0n) is 14.5. The lowest BCUT2D eigenvalue weighted by atomic mass is 9.91. The minimum absolute atomic E-state index is 0.260. The van der Waals surface area contributed by atoms with Crippen LogP contribution in [0, 0.1) is 11.3 Å². The smallest absolute Gasteiger partial charge is 0.248 e. The molecule has 1 aromatic rings. The van der Waals surface area contributed by atoms with E-state index in [1.165, 1.54) is 0 Å². The van der Waals surface area contributed by atoms with Gasteiger partial charge in [0.15, 0.2) is 0 Å². The number of amides is 2. The van der Waals surface area contributed by atoms with Crippen LogP contribution < -0.4 is 16.0 Å². The Hall–Kier alpha value is -2.08. The topological polar surface area (TPSA) is 78.7 Å². The Morgan fingerprint density at radius 3 is 2.28 bits per heavy atom. The van der Waals surface area contributed by atoms with E-state index >= 15 is 0 Å². The molecule has 2 heterocycles. The number of rotatable bonds is 3. The first-order valence-corrected chi connectivity index (χ1v) is 9.23. The molecule has 2 aliphatic heterocycles. The van der Waals surface area contributed by atoms with Crippen LogP contribution in [0.25, 0.3) is 0 Å². The first-order valence-electron chi connectivity index (χ1n) is 9.23. The van der Waals surface area contributed by atoms with Crippen molar-refractivity contribution in [2.24, 2.45) is 17.1 Å². The number of hydrogen-bond acceptors (Lipinski definition) is 4. The number of piperidine rings is 1. The highest BCUT2D eigenvalue weighted by molar-refractivity contribution is 5.93. The SMILES string of the molecule is NC(=O)c1ccc(N2CCN(C(=O)C3CC34CCNCC4)CC2)cc1. The number of hydrogen-bond donors (Lipinski definition) is 2. The van der Waals surface area contributed by atoms with Crippen molar-refractivity contribution in [1.82, 2.24) is 10.2 Å². The van der Waals surface area contributed by atoms with Gasteiger partial charge >= 0.3 is 0 Å². The lowest BCUT2D eigenvalue weighted by Gasteiger charge is -2.37. The van der Waals surface area contributed by atoms with E-state index in [9.17, 15) is 9.59 Å². The van der Waals surface area contributed by atoms with Gasteiger partial charge in [-0.2, -0.15) is 0 Å². The van der Waals surface area contributed by atoms with Crippen LogP contribution >= 0.6 is 0 Å². The predicted molar refractivity (Wildman–Crippen MR) is 96.4 cm³/mol. The second-order valence-corrected chi connectivity index (χ2v) is 7.59. The number of nitrogens with zero attached hydrogens (tertiary/aromatic N) is 2. The fourth-order valence-corrected chi connectivity index (χ4v) is 4.42. The lowest BCUT2D eigenvalue weighted by Crippen LogP contribution is -2.49. The number of piperazine rings is 1. The van der Waals surface area contributed by atoms with Gasteiger partial charge in [-0.05, 0) is 62.0 Å². The average Bonchev–Trinajstić information content (AvgIpc) is 3.34. The van der Waals surface area contributed by atoms with Crippen LogP contribution in [0.3, 0.4) is 0 Å². The molecule has 6 nitrogen and oxygen atoms in total. The summed E-state index contributed by atoms with van der Waals surface area (Å²) in [5.74, 6) is 0.222. The van der Waals surface area contributed by atoms with Crippen LogP contribution in [0.2, 0.25) is 0 Å². The molecular weight excluding hydrogens is 316 g/mol. The van der Waals surface area contributed by atoms with E-state index < -0.39 is 5.91 Å². The summed E-state index contributed by atoms with van der Waals surface area (Å²) in [5, 5.41) is 3.39. The van der Waals surface area contributed by atoms with E-state index in [-0.39, 0.29) is 5.92 Å². The second kappa shape index (κ2) is 6.33. The Kier molecular flexibility index (Phi) is 4.15. The van der Waals surface area contributed by atoms with Crippen LogP contribution in [0.4, 0.5) is 5.69 Å². The van der Waals surface area contributed by atoms with Crippen molar-refractivity contribution in [2.45, 2.75) is 19.3 Å². The molecule has 2 amide bonds. The predicted octanol–water partition coefficient (Wildman–Crippen LogP) is 0.824. The molecule has 1 spiro atoms. The van der Waals surface area contributed by atoms with Crippen molar-refractivity contribution in [1.29, 1.82) is 0 Å². The third kappa shape index (κ3) is 3.11. The highest BCUT2D eigenvalue weighted by atomic mass is 16.2. The van der Waals surface area contributed by atoms with Gasteiger partial charge in [0, 0.05) is 43.3 Å². The van der Waals surface area contributed by atoms with E-state index in [2.05, 4.69) is 15.1 Å². The normalized spacial score (nSPS) is 25.0. The Labute approximate surface area is 148 Å². The van der Waals surface area contributed by atoms with Gasteiger partial charge < -0.3 is 20.9 Å². The summed E-state index contributed by atoms with van der Waals surface area (Å²) in [6.45, 7) is 5.34. The first kappa shape index (κ1) is 16.4. The summed E-state index contributed by atoms with van der Waals surface area (Å²) in [5.41, 5.74) is 7.20. The largest absolute Gasteiger partial charge is 0.368 e. The van der Waals surface area contributed by atoms with Crippen LogP contribution in [-0.4, -0.2) is 56.0 Å². The van der Waals surface area contributed by atoms with Crippen LogP contribution in [0.15, 0.2) is 24.3 Å². The highest BCUT2D eigenvalue weighted by Crippen LogP contribution is 2.59. The Morgan fingerprint density at radius 1 is 1.04 bits per heavy atom. The average molecular weight is 342 g/mol. The molecule has 134 valence electrons. The van der Waals surface area contributed by atoms with Crippen molar-refractivity contribution in [3.63, 3.8) is 0 Å². The molecular formula is C19H26N4O2. The number of benzene rings is 1. The molecule has 1 aliphatic carbocycles. The molecule has 3 fully saturated rings. The number of nitrogens with one attached hydrogen (secondary N) is 1. The highest BCUT2D eigenvalue weighted by Gasteiger charge is 2.58. The van der Waals surface area contributed by atoms with Gasteiger partial charge in [0.05, 0.1) is 0 Å². The molecule has 1 atom stereocenters. The zero-order chi connectivity index (χ0) is 17.4. The molecule has 3 aliphatic rings. The standard InChI is InChI=1S/C19H26N4O2/c20-17(24)14-1-3-15(4-2-14)22-9-11-23(12-10-22)18(25)16-13-19(16)5-7-21-8-6-19/h1-4,16,21H,5-13H2,(H2,20,24). The van der Waals surface area contributed by atoms with E-state index in [4.69, 9.17) is 5.73 Å². The summed E-state index contributed by atoms with van der Waals surface area (Å²) in [6, 6.07) is 7.39. The van der Waals surface area contributed by atoms with E-state index in [1.807, 2.05) is 12.1 Å². The second-order valence-electron chi connectivity index (χ2n) is 7.59. The van der Waals surface area contributed by atoms with Crippen molar-refractivity contribution in [3.8, 4) is 0 Å².